The van der Waals surface area contributed by atoms with Gasteiger partial charge in [-0.05, 0) is 57.9 Å². The number of halogens is 1. The molecule has 1 saturated heterocycles. The minimum Gasteiger partial charge on any atom is -0.491 e. The Kier molecular flexibility index (Phi) is 7.69. The van der Waals surface area contributed by atoms with E-state index < -0.39 is 0 Å². The maximum atomic E-state index is 12.2. The number of ether oxygens (including phenoxy) is 1. The van der Waals surface area contributed by atoms with Crippen LogP contribution in [0.3, 0.4) is 0 Å². The van der Waals surface area contributed by atoms with Crippen LogP contribution >= 0.6 is 12.4 Å². The van der Waals surface area contributed by atoms with Gasteiger partial charge in [0.15, 0.2) is 0 Å². The van der Waals surface area contributed by atoms with Gasteiger partial charge in [-0.2, -0.15) is 0 Å². The molecule has 1 heterocycles. The van der Waals surface area contributed by atoms with E-state index >= 15 is 0 Å². The fraction of sp³-hybridized carbons (Fsp3) is 0.588. The molecule has 1 aliphatic rings. The molecule has 2 atom stereocenters. The van der Waals surface area contributed by atoms with Gasteiger partial charge in [0.2, 0.25) is 5.91 Å². The van der Waals surface area contributed by atoms with Crippen molar-refractivity contribution in [3.05, 3.63) is 29.8 Å². The smallest absolute Gasteiger partial charge is 0.224 e. The van der Waals surface area contributed by atoms with Crippen LogP contribution < -0.4 is 15.4 Å². The summed E-state index contributed by atoms with van der Waals surface area (Å²) in [5.74, 6) is 0.903. The molecule has 4 nitrogen and oxygen atoms in total. The second kappa shape index (κ2) is 9.01. The van der Waals surface area contributed by atoms with Gasteiger partial charge in [-0.1, -0.05) is 12.1 Å². The molecule has 0 saturated carbocycles. The summed E-state index contributed by atoms with van der Waals surface area (Å²) in [5.41, 5.74) is 0.988. The Balaban J connectivity index is 0.00000242. The van der Waals surface area contributed by atoms with Crippen molar-refractivity contribution in [3.63, 3.8) is 0 Å². The minimum atomic E-state index is 0. The van der Waals surface area contributed by atoms with Crippen LogP contribution in [0.25, 0.3) is 0 Å². The van der Waals surface area contributed by atoms with Crippen molar-refractivity contribution in [3.8, 4) is 5.75 Å². The Morgan fingerprint density at radius 3 is 2.91 bits per heavy atom. The summed E-state index contributed by atoms with van der Waals surface area (Å²) in [6, 6.07) is 8.36. The zero-order valence-corrected chi connectivity index (χ0v) is 14.4. The number of piperidine rings is 1. The Morgan fingerprint density at radius 1 is 1.45 bits per heavy atom. The van der Waals surface area contributed by atoms with E-state index in [0.717, 1.165) is 30.7 Å². The molecule has 0 radical (unpaired) electrons. The fourth-order valence-corrected chi connectivity index (χ4v) is 2.69. The average molecular weight is 327 g/mol. The third-order valence-electron chi connectivity index (χ3n) is 3.74. The minimum absolute atomic E-state index is 0. The van der Waals surface area contributed by atoms with Crippen LogP contribution in [0.15, 0.2) is 24.3 Å². The van der Waals surface area contributed by atoms with Crippen LogP contribution in [0.1, 0.15) is 39.2 Å². The summed E-state index contributed by atoms with van der Waals surface area (Å²) in [6.45, 7) is 7.16. The lowest BCUT2D eigenvalue weighted by Gasteiger charge is -2.30. The monoisotopic (exact) mass is 326 g/mol. The number of carbonyl (C=O) groups excluding carboxylic acids is 1. The Labute approximate surface area is 139 Å². The number of carbonyl (C=O) groups is 1. The number of hydrogen-bond acceptors (Lipinski definition) is 3. The van der Waals surface area contributed by atoms with Gasteiger partial charge >= 0.3 is 0 Å². The molecule has 2 N–H and O–H groups in total. The van der Waals surface area contributed by atoms with E-state index in [2.05, 4.69) is 17.6 Å². The van der Waals surface area contributed by atoms with Crippen molar-refractivity contribution in [2.45, 2.75) is 58.2 Å². The van der Waals surface area contributed by atoms with Gasteiger partial charge in [-0.25, -0.2) is 0 Å². The van der Waals surface area contributed by atoms with Gasteiger partial charge in [0.05, 0.1) is 12.5 Å². The van der Waals surface area contributed by atoms with E-state index in [1.54, 1.807) is 0 Å². The van der Waals surface area contributed by atoms with Crippen LogP contribution in [0, 0.1) is 0 Å². The summed E-state index contributed by atoms with van der Waals surface area (Å²) in [7, 11) is 0. The Bertz CT molecular complexity index is 479. The first-order valence-corrected chi connectivity index (χ1v) is 7.83. The largest absolute Gasteiger partial charge is 0.491 e. The van der Waals surface area contributed by atoms with E-state index in [-0.39, 0.29) is 30.5 Å². The lowest BCUT2D eigenvalue weighted by molar-refractivity contribution is -0.121. The van der Waals surface area contributed by atoms with Gasteiger partial charge in [-0.3, -0.25) is 4.79 Å². The van der Waals surface area contributed by atoms with E-state index in [1.165, 1.54) is 0 Å². The molecule has 5 heteroatoms. The highest BCUT2D eigenvalue weighted by Gasteiger charge is 2.22. The maximum Gasteiger partial charge on any atom is 0.224 e. The predicted molar refractivity (Wildman–Crippen MR) is 91.8 cm³/mol. The third-order valence-corrected chi connectivity index (χ3v) is 3.74. The highest BCUT2D eigenvalue weighted by Crippen LogP contribution is 2.16. The molecule has 1 aliphatic heterocycles. The normalized spacial score (nSPS) is 21.1. The molecule has 2 rings (SSSR count). The quantitative estimate of drug-likeness (QED) is 0.874. The second-order valence-corrected chi connectivity index (χ2v) is 6.05. The van der Waals surface area contributed by atoms with E-state index in [4.69, 9.17) is 4.74 Å². The fourth-order valence-electron chi connectivity index (χ4n) is 2.69. The SMILES string of the molecule is CC(C)Oc1cccc(CC(=O)NC2CCCNC2C)c1.Cl. The number of nitrogens with one attached hydrogen (secondary N) is 2. The standard InChI is InChI=1S/C17H26N2O2.ClH/c1-12(2)21-15-7-4-6-14(10-15)11-17(20)19-16-8-5-9-18-13(16)3;/h4,6-7,10,12-13,16,18H,5,8-9,11H2,1-3H3,(H,19,20);1H. The van der Waals surface area contributed by atoms with Crippen molar-refractivity contribution in [1.29, 1.82) is 0 Å². The lowest BCUT2D eigenvalue weighted by Crippen LogP contribution is -2.52. The van der Waals surface area contributed by atoms with Crippen LogP contribution in [-0.4, -0.2) is 30.6 Å². The van der Waals surface area contributed by atoms with Crippen LogP contribution in [-0.2, 0) is 11.2 Å². The molecular formula is C17H27ClN2O2. The predicted octanol–water partition coefficient (Wildman–Crippen LogP) is 2.69. The van der Waals surface area contributed by atoms with Crippen molar-refractivity contribution < 1.29 is 9.53 Å². The van der Waals surface area contributed by atoms with Gasteiger partial charge in [0, 0.05) is 12.1 Å². The zero-order chi connectivity index (χ0) is 15.2. The molecule has 1 aromatic rings. The summed E-state index contributed by atoms with van der Waals surface area (Å²) in [5, 5.41) is 6.53. The highest BCUT2D eigenvalue weighted by molar-refractivity contribution is 5.85. The number of hydrogen-bond donors (Lipinski definition) is 2. The zero-order valence-electron chi connectivity index (χ0n) is 13.6. The summed E-state index contributed by atoms with van der Waals surface area (Å²) < 4.78 is 5.66. The van der Waals surface area contributed by atoms with Gasteiger partial charge in [0.1, 0.15) is 5.75 Å². The molecule has 0 aromatic heterocycles. The van der Waals surface area contributed by atoms with Crippen LogP contribution in [0.4, 0.5) is 0 Å². The summed E-state index contributed by atoms with van der Waals surface area (Å²) in [4.78, 5) is 12.2. The van der Waals surface area contributed by atoms with Gasteiger partial charge < -0.3 is 15.4 Å². The topological polar surface area (TPSA) is 50.4 Å². The third kappa shape index (κ3) is 5.85. The lowest BCUT2D eigenvalue weighted by atomic mass is 9.99. The van der Waals surface area contributed by atoms with Crippen molar-refractivity contribution in [2.75, 3.05) is 6.54 Å². The maximum absolute atomic E-state index is 12.2. The molecule has 22 heavy (non-hydrogen) atoms. The first-order chi connectivity index (χ1) is 10.0. The van der Waals surface area contributed by atoms with Crippen molar-refractivity contribution >= 4 is 18.3 Å². The molecule has 1 aromatic carbocycles. The molecule has 1 amide bonds. The molecule has 1 fully saturated rings. The summed E-state index contributed by atoms with van der Waals surface area (Å²) in [6.07, 6.45) is 2.71. The molecule has 0 aliphatic carbocycles. The van der Waals surface area contributed by atoms with E-state index in [1.807, 2.05) is 38.1 Å². The van der Waals surface area contributed by atoms with Crippen molar-refractivity contribution in [2.24, 2.45) is 0 Å². The summed E-state index contributed by atoms with van der Waals surface area (Å²) >= 11 is 0. The molecule has 0 bridgehead atoms. The van der Waals surface area contributed by atoms with E-state index in [0.29, 0.717) is 12.5 Å². The van der Waals surface area contributed by atoms with Crippen LogP contribution in [0.5, 0.6) is 5.75 Å². The van der Waals surface area contributed by atoms with Crippen LogP contribution in [0.2, 0.25) is 0 Å². The number of benzene rings is 1. The molecule has 0 spiro atoms. The number of rotatable bonds is 5. The highest BCUT2D eigenvalue weighted by atomic mass is 35.5. The van der Waals surface area contributed by atoms with Gasteiger partial charge in [0.25, 0.3) is 0 Å². The van der Waals surface area contributed by atoms with Crippen molar-refractivity contribution in [1.82, 2.24) is 10.6 Å². The molecular weight excluding hydrogens is 300 g/mol. The van der Waals surface area contributed by atoms with Gasteiger partial charge in [-0.15, -0.1) is 12.4 Å². The molecule has 2 unspecified atom stereocenters. The first kappa shape index (κ1) is 18.8. The average Bonchev–Trinajstić information content (AvgIpc) is 2.41. The molecule has 124 valence electrons. The Morgan fingerprint density at radius 2 is 2.23 bits per heavy atom. The first-order valence-electron chi connectivity index (χ1n) is 7.83. The Hall–Kier alpha value is -1.26. The van der Waals surface area contributed by atoms with E-state index in [9.17, 15) is 4.79 Å². The number of amides is 1. The second-order valence-electron chi connectivity index (χ2n) is 6.05.